The van der Waals surface area contributed by atoms with E-state index < -0.39 is 42.2 Å². The van der Waals surface area contributed by atoms with E-state index in [1.54, 1.807) is 27.7 Å². The van der Waals surface area contributed by atoms with Crippen LogP contribution in [0.25, 0.3) is 0 Å². The largest absolute Gasteiger partial charge is 0.454 e. The summed E-state index contributed by atoms with van der Waals surface area (Å²) in [5.74, 6) is -0.0741. The number of ether oxygens (including phenoxy) is 2. The minimum absolute atomic E-state index is 0. The van der Waals surface area contributed by atoms with Gasteiger partial charge in [0, 0.05) is 187 Å². The van der Waals surface area contributed by atoms with Gasteiger partial charge in [-0.15, -0.1) is 0 Å². The summed E-state index contributed by atoms with van der Waals surface area (Å²) in [6.45, 7) is 6.19. The van der Waals surface area contributed by atoms with E-state index in [1.165, 1.54) is 0 Å². The predicted octanol–water partition coefficient (Wildman–Crippen LogP) is 0.00718. The van der Waals surface area contributed by atoms with Crippen molar-refractivity contribution >= 4 is 5.69 Å². The molecule has 9 nitrogen and oxygen atoms in total. The van der Waals surface area contributed by atoms with Gasteiger partial charge in [-0.3, -0.25) is 10.1 Å². The third kappa shape index (κ3) is 8.55. The van der Waals surface area contributed by atoms with Crippen LogP contribution < -0.4 is 4.74 Å². The number of nitrogens with zero attached hydrogens (tertiary/aromatic N) is 1. The average molecular weight is 1270 g/mol. The van der Waals surface area contributed by atoms with Crippen molar-refractivity contribution in [3.05, 3.63) is 32.4 Å². The van der Waals surface area contributed by atoms with Crippen LogP contribution in [-0.2, 0) is 4.74 Å². The molecule has 1 aromatic rings. The van der Waals surface area contributed by atoms with Gasteiger partial charge in [0.15, 0.2) is 0 Å². The molecule has 1 aromatic carbocycles. The average Bonchev–Trinajstić information content (AvgIpc) is 2.57. The Hall–Kier alpha value is 3.99. The van der Waals surface area contributed by atoms with Gasteiger partial charge in [0.1, 0.15) is 24.4 Å². The normalized spacial score (nSPS) is 25.4. The second-order valence-corrected chi connectivity index (χ2v) is 6.25. The molecule has 0 aliphatic carbocycles. The Morgan fingerprint density at radius 3 is 1.83 bits per heavy atom. The van der Waals surface area contributed by atoms with Crippen molar-refractivity contribution in [2.75, 3.05) is 6.61 Å². The molecular weight excluding hydrogens is 1240 g/mol. The third-order valence-electron chi connectivity index (χ3n) is 4.86. The number of hydrogen-bond donors (Lipinski definition) is 4. The number of rotatable bonds is 4. The molecule has 0 amide bonds. The molecule has 29 heavy (non-hydrogen) atoms. The Morgan fingerprint density at radius 1 is 0.897 bits per heavy atom. The molecule has 0 bridgehead atoms. The summed E-state index contributed by atoms with van der Waals surface area (Å²) in [5, 5.41) is 50.5. The fraction of sp³-hybridized carbons (Fsp3) is 0.625. The van der Waals surface area contributed by atoms with E-state index in [4.69, 9.17) is 9.47 Å². The Balaban J connectivity index is -0.00000169. The maximum absolute atomic E-state index is 11.5. The Morgan fingerprint density at radius 2 is 1.38 bits per heavy atom. The first-order valence-corrected chi connectivity index (χ1v) is 7.83. The minimum atomic E-state index is -1.64. The second-order valence-electron chi connectivity index (χ2n) is 6.25. The summed E-state index contributed by atoms with van der Waals surface area (Å²) in [7, 11) is 0. The zero-order chi connectivity index (χ0) is 19.0. The molecule has 1 saturated heterocycles. The van der Waals surface area contributed by atoms with Crippen LogP contribution in [-0.4, -0.2) is 62.7 Å². The Labute approximate surface area is 312 Å². The third-order valence-corrected chi connectivity index (χ3v) is 4.86. The van der Waals surface area contributed by atoms with Gasteiger partial charge in [0.25, 0.3) is 0 Å². The van der Waals surface area contributed by atoms with E-state index in [9.17, 15) is 30.5 Å². The van der Waals surface area contributed by atoms with Crippen molar-refractivity contribution in [3.63, 3.8) is 0 Å². The summed E-state index contributed by atoms with van der Waals surface area (Å²) in [4.78, 5) is 10.9. The first kappa shape index (κ1) is 37.5. The smallest absolute Gasteiger partial charge is 0.314 e. The first-order valence-electron chi connectivity index (χ1n) is 7.83. The molecule has 2 rings (SSSR count). The maximum Gasteiger partial charge on any atom is 0.314 e. The summed E-state index contributed by atoms with van der Waals surface area (Å²) in [6.07, 6.45) is -7.43. The van der Waals surface area contributed by atoms with Crippen molar-refractivity contribution < 1.29 is 211 Å². The fourth-order valence-electron chi connectivity index (χ4n) is 2.90. The van der Waals surface area contributed by atoms with Crippen LogP contribution in [0.15, 0.2) is 0 Å². The first-order chi connectivity index (χ1) is 11.6. The topological polar surface area (TPSA) is 143 Å². The summed E-state index contributed by atoms with van der Waals surface area (Å²) < 4.78 is 10.8. The van der Waals surface area contributed by atoms with Crippen molar-refractivity contribution in [2.45, 2.75) is 58.4 Å². The molecule has 0 aromatic heterocycles. The van der Waals surface area contributed by atoms with E-state index >= 15 is 0 Å². The predicted molar refractivity (Wildman–Crippen MR) is 86.4 cm³/mol. The van der Waals surface area contributed by atoms with E-state index in [-0.39, 0.29) is 188 Å². The van der Waals surface area contributed by atoms with Crippen LogP contribution >= 0.6 is 0 Å². The van der Waals surface area contributed by atoms with Crippen molar-refractivity contribution in [1.29, 1.82) is 0 Å². The van der Waals surface area contributed by atoms with Gasteiger partial charge in [-0.25, -0.2) is 0 Å². The van der Waals surface area contributed by atoms with E-state index in [1.807, 2.05) is 0 Å². The van der Waals surface area contributed by atoms with E-state index in [0.29, 0.717) is 11.1 Å². The molecule has 13 heteroatoms. The molecule has 4 N–H and O–H groups in total. The minimum Gasteiger partial charge on any atom is -0.454 e. The van der Waals surface area contributed by atoms with Crippen LogP contribution in [0.5, 0.6) is 5.75 Å². The van der Waals surface area contributed by atoms with Gasteiger partial charge in [-0.2, -0.15) is 0 Å². The molecule has 1 heterocycles. The van der Waals surface area contributed by atoms with Crippen LogP contribution in [0.4, 0.5) is 5.69 Å². The Bertz CT molecular complexity index is 692. The van der Waals surface area contributed by atoms with Crippen LogP contribution in [0.2, 0.25) is 0 Å². The summed E-state index contributed by atoms with van der Waals surface area (Å²) >= 11 is 0. The van der Waals surface area contributed by atoms with E-state index in [0.717, 1.165) is 11.1 Å². The molecule has 1 fully saturated rings. The number of nitro benzene ring substituents is 1. The van der Waals surface area contributed by atoms with Gasteiger partial charge < -0.3 is 29.9 Å². The molecule has 5 atom stereocenters. The molecule has 4 radical (unpaired) electrons. The molecule has 0 spiro atoms. The molecule has 1 aliphatic heterocycles. The van der Waals surface area contributed by atoms with Gasteiger partial charge in [0.05, 0.1) is 11.5 Å². The van der Waals surface area contributed by atoms with Gasteiger partial charge in [0.2, 0.25) is 12.0 Å². The molecular formula is C16H23Ac4NO8. The number of hydrogen-bond acceptors (Lipinski definition) is 8. The van der Waals surface area contributed by atoms with Gasteiger partial charge >= 0.3 is 5.69 Å². The monoisotopic (exact) mass is 1270 g/mol. The second kappa shape index (κ2) is 16.6. The molecule has 4 unspecified atom stereocenters. The van der Waals surface area contributed by atoms with Crippen LogP contribution in [0.3, 0.4) is 0 Å². The standard InChI is InChI=1S/C16H23NO8.4Ac/c1-6-7(2)9(4)15(11(8(6)3)17(22)23)25-16-14(21)13(20)12(19)10(5-18)24-16;;;;/h10,12-14,16,18-21H,5H2,1-4H3;;;;/t10-,12?,13?,14?,16?;;;;/m1..../s1. The van der Waals surface area contributed by atoms with Crippen LogP contribution in [0, 0.1) is 214 Å². The number of nitro groups is 1. The van der Waals surface area contributed by atoms with Crippen molar-refractivity contribution in [3.8, 4) is 5.75 Å². The maximum atomic E-state index is 11.5. The van der Waals surface area contributed by atoms with E-state index in [2.05, 4.69) is 0 Å². The van der Waals surface area contributed by atoms with Crippen molar-refractivity contribution in [1.82, 2.24) is 0 Å². The zero-order valence-electron chi connectivity index (χ0n) is 16.8. The fourth-order valence-corrected chi connectivity index (χ4v) is 2.90. The SMILES string of the molecule is Cc1c(C)c(C)c([N+](=O)[O-])c(OC2O[C@H](CO)C(O)C(O)C2O)c1C.[Ac].[Ac].[Ac].[Ac]. The van der Waals surface area contributed by atoms with Crippen LogP contribution in [0.1, 0.15) is 22.3 Å². The quantitative estimate of drug-likeness (QED) is 0.245. The molecule has 152 valence electrons. The summed E-state index contributed by atoms with van der Waals surface area (Å²) in [6, 6.07) is 0. The summed E-state index contributed by atoms with van der Waals surface area (Å²) in [5.41, 5.74) is 2.23. The number of aliphatic hydroxyl groups excluding tert-OH is 4. The van der Waals surface area contributed by atoms with Crippen molar-refractivity contribution in [2.24, 2.45) is 0 Å². The molecule has 1 aliphatic rings. The number of aliphatic hydroxyl groups is 4. The van der Waals surface area contributed by atoms with Gasteiger partial charge in [-0.1, -0.05) is 0 Å². The number of benzene rings is 1. The van der Waals surface area contributed by atoms with Gasteiger partial charge in [-0.05, 0) is 38.8 Å². The Kier molecular flexibility index (Phi) is 21.5. The zero-order valence-corrected chi connectivity index (χ0v) is 35.8. The molecule has 0 saturated carbocycles.